The summed E-state index contributed by atoms with van der Waals surface area (Å²) in [7, 11) is 0. The lowest BCUT2D eigenvalue weighted by atomic mass is 10.2. The normalized spacial score (nSPS) is 12.2. The zero-order chi connectivity index (χ0) is 12.8. The first-order valence-corrected chi connectivity index (χ1v) is 6.65. The minimum absolute atomic E-state index is 0.618. The number of hydrogen-bond acceptors (Lipinski definition) is 5. The maximum absolute atomic E-state index is 8.78. The van der Waals surface area contributed by atoms with Crippen LogP contribution in [0.5, 0.6) is 0 Å². The summed E-state index contributed by atoms with van der Waals surface area (Å²) in [5, 5.41) is 16.2. The van der Waals surface area contributed by atoms with Gasteiger partial charge in [-0.2, -0.15) is 11.3 Å². The van der Waals surface area contributed by atoms with Gasteiger partial charge in [-0.25, -0.2) is 0 Å². The summed E-state index contributed by atoms with van der Waals surface area (Å²) >= 11 is 1.68. The van der Waals surface area contributed by atoms with Gasteiger partial charge in [0.05, 0.1) is 18.5 Å². The first kappa shape index (κ1) is 12.9. The fourth-order valence-corrected chi connectivity index (χ4v) is 2.45. The van der Waals surface area contributed by atoms with E-state index >= 15 is 0 Å². The predicted octanol–water partition coefficient (Wildman–Crippen LogP) is 3.19. The van der Waals surface area contributed by atoms with Crippen LogP contribution in [0, 0.1) is 0 Å². The second kappa shape index (κ2) is 6.37. The molecule has 0 amide bonds. The summed E-state index contributed by atoms with van der Waals surface area (Å²) in [6.07, 6.45) is 1.67. The maximum Gasteiger partial charge on any atom is 0.117 e. The molecule has 0 aliphatic rings. The Bertz CT molecular complexity index is 441. The second-order valence-electron chi connectivity index (χ2n) is 4.19. The van der Waals surface area contributed by atoms with Crippen LogP contribution in [-0.2, 0) is 13.1 Å². The Morgan fingerprint density at radius 2 is 2.33 bits per heavy atom. The highest BCUT2D eigenvalue weighted by Gasteiger charge is 2.10. The van der Waals surface area contributed by atoms with Crippen LogP contribution in [0.15, 0.2) is 44.8 Å². The molecule has 0 saturated heterocycles. The van der Waals surface area contributed by atoms with Gasteiger partial charge in [0.25, 0.3) is 0 Å². The molecule has 0 atom stereocenters. The number of hydrogen-bond donors (Lipinski definition) is 1. The third-order valence-corrected chi connectivity index (χ3v) is 3.30. The van der Waals surface area contributed by atoms with Crippen molar-refractivity contribution in [1.29, 1.82) is 0 Å². The highest BCUT2D eigenvalue weighted by atomic mass is 32.1. The molecule has 4 nitrogen and oxygen atoms in total. The molecule has 96 valence electrons. The van der Waals surface area contributed by atoms with E-state index in [1.807, 2.05) is 19.1 Å². The van der Waals surface area contributed by atoms with Crippen LogP contribution in [0.2, 0.25) is 0 Å². The Balaban J connectivity index is 2.02. The SMILES string of the molecule is CC(CN(Cc1ccsc1)Cc1ccco1)=NO. The fraction of sp³-hybridized carbons (Fsp3) is 0.308. The molecule has 1 N–H and O–H groups in total. The number of oxime groups is 1. The third kappa shape index (κ3) is 3.72. The lowest BCUT2D eigenvalue weighted by Crippen LogP contribution is -2.27. The van der Waals surface area contributed by atoms with E-state index < -0.39 is 0 Å². The minimum Gasteiger partial charge on any atom is -0.468 e. The quantitative estimate of drug-likeness (QED) is 0.495. The van der Waals surface area contributed by atoms with E-state index in [2.05, 4.69) is 26.9 Å². The number of nitrogens with zero attached hydrogens (tertiary/aromatic N) is 2. The van der Waals surface area contributed by atoms with Crippen molar-refractivity contribution in [3.63, 3.8) is 0 Å². The summed E-state index contributed by atoms with van der Waals surface area (Å²) in [5.41, 5.74) is 1.95. The second-order valence-corrected chi connectivity index (χ2v) is 4.97. The monoisotopic (exact) mass is 264 g/mol. The Morgan fingerprint density at radius 3 is 2.94 bits per heavy atom. The summed E-state index contributed by atoms with van der Waals surface area (Å²) in [4.78, 5) is 2.18. The van der Waals surface area contributed by atoms with Crippen molar-refractivity contribution in [3.8, 4) is 0 Å². The predicted molar refractivity (Wildman–Crippen MR) is 72.0 cm³/mol. The van der Waals surface area contributed by atoms with Crippen molar-refractivity contribution in [2.45, 2.75) is 20.0 Å². The van der Waals surface area contributed by atoms with E-state index in [4.69, 9.17) is 9.62 Å². The van der Waals surface area contributed by atoms with Gasteiger partial charge < -0.3 is 9.62 Å². The van der Waals surface area contributed by atoms with Gasteiger partial charge in [-0.1, -0.05) is 5.16 Å². The smallest absolute Gasteiger partial charge is 0.117 e. The van der Waals surface area contributed by atoms with Gasteiger partial charge in [0.15, 0.2) is 0 Å². The molecule has 5 heteroatoms. The van der Waals surface area contributed by atoms with E-state index in [0.29, 0.717) is 18.8 Å². The first-order valence-electron chi connectivity index (χ1n) is 5.71. The van der Waals surface area contributed by atoms with Crippen LogP contribution in [0.3, 0.4) is 0 Å². The van der Waals surface area contributed by atoms with Crippen molar-refractivity contribution in [2.75, 3.05) is 6.54 Å². The van der Waals surface area contributed by atoms with Crippen LogP contribution in [0.1, 0.15) is 18.2 Å². The number of rotatable bonds is 6. The van der Waals surface area contributed by atoms with Gasteiger partial charge in [0, 0.05) is 13.1 Å². The van der Waals surface area contributed by atoms with Crippen LogP contribution in [-0.4, -0.2) is 22.4 Å². The molecule has 2 rings (SSSR count). The summed E-state index contributed by atoms with van der Waals surface area (Å²) in [5.74, 6) is 0.913. The Kier molecular flexibility index (Phi) is 4.55. The molecule has 0 saturated carbocycles. The Hall–Kier alpha value is -1.59. The largest absolute Gasteiger partial charge is 0.468 e. The van der Waals surface area contributed by atoms with Crippen molar-refractivity contribution in [3.05, 3.63) is 46.5 Å². The lowest BCUT2D eigenvalue weighted by Gasteiger charge is -2.20. The summed E-state index contributed by atoms with van der Waals surface area (Å²) in [6.45, 7) is 3.95. The van der Waals surface area contributed by atoms with Gasteiger partial charge in [-0.3, -0.25) is 4.90 Å². The van der Waals surface area contributed by atoms with E-state index in [-0.39, 0.29) is 0 Å². The van der Waals surface area contributed by atoms with Crippen molar-refractivity contribution in [1.82, 2.24) is 4.90 Å². The molecule has 0 unspecified atom stereocenters. The highest BCUT2D eigenvalue weighted by molar-refractivity contribution is 7.07. The molecule has 0 aliphatic heterocycles. The average molecular weight is 264 g/mol. The van der Waals surface area contributed by atoms with Gasteiger partial charge >= 0.3 is 0 Å². The topological polar surface area (TPSA) is 49.0 Å². The number of thiophene rings is 1. The van der Waals surface area contributed by atoms with Gasteiger partial charge in [0.2, 0.25) is 0 Å². The zero-order valence-corrected chi connectivity index (χ0v) is 11.1. The van der Waals surface area contributed by atoms with E-state index in [0.717, 1.165) is 12.3 Å². The first-order chi connectivity index (χ1) is 8.78. The molecule has 0 aliphatic carbocycles. The molecule has 0 aromatic carbocycles. The molecular formula is C13H16N2O2S. The third-order valence-electron chi connectivity index (χ3n) is 2.57. The van der Waals surface area contributed by atoms with E-state index in [1.165, 1.54) is 5.56 Å². The van der Waals surface area contributed by atoms with E-state index in [1.54, 1.807) is 17.6 Å². The maximum atomic E-state index is 8.78. The molecule has 2 heterocycles. The molecule has 2 aromatic rings. The molecule has 0 fully saturated rings. The van der Waals surface area contributed by atoms with Crippen LogP contribution >= 0.6 is 11.3 Å². The zero-order valence-electron chi connectivity index (χ0n) is 10.2. The Morgan fingerprint density at radius 1 is 1.44 bits per heavy atom. The molecule has 0 spiro atoms. The van der Waals surface area contributed by atoms with Gasteiger partial charge in [0.1, 0.15) is 5.76 Å². The van der Waals surface area contributed by atoms with Gasteiger partial charge in [-0.15, -0.1) is 0 Å². The minimum atomic E-state index is 0.618. The lowest BCUT2D eigenvalue weighted by molar-refractivity contribution is 0.260. The fourth-order valence-electron chi connectivity index (χ4n) is 1.79. The molecule has 2 aromatic heterocycles. The van der Waals surface area contributed by atoms with Crippen molar-refractivity contribution < 1.29 is 9.62 Å². The van der Waals surface area contributed by atoms with E-state index in [9.17, 15) is 0 Å². The highest BCUT2D eigenvalue weighted by Crippen LogP contribution is 2.13. The molecular weight excluding hydrogens is 248 g/mol. The summed E-state index contributed by atoms with van der Waals surface area (Å²) in [6, 6.07) is 5.93. The van der Waals surface area contributed by atoms with Crippen LogP contribution < -0.4 is 0 Å². The standard InChI is InChI=1S/C13H16N2O2S/c1-11(14-16)7-15(8-12-4-6-18-10-12)9-13-3-2-5-17-13/h2-6,10,16H,7-9H2,1H3. The van der Waals surface area contributed by atoms with Crippen molar-refractivity contribution >= 4 is 17.0 Å². The Labute approximate surface area is 110 Å². The molecule has 18 heavy (non-hydrogen) atoms. The molecule has 0 radical (unpaired) electrons. The van der Waals surface area contributed by atoms with Crippen LogP contribution in [0.25, 0.3) is 0 Å². The summed E-state index contributed by atoms with van der Waals surface area (Å²) < 4.78 is 5.36. The van der Waals surface area contributed by atoms with Gasteiger partial charge in [-0.05, 0) is 41.4 Å². The average Bonchev–Trinajstić information content (AvgIpc) is 3.02. The van der Waals surface area contributed by atoms with Crippen molar-refractivity contribution in [2.24, 2.45) is 5.16 Å². The molecule has 0 bridgehead atoms. The van der Waals surface area contributed by atoms with Crippen LogP contribution in [0.4, 0.5) is 0 Å². The number of furan rings is 1.